The van der Waals surface area contributed by atoms with Crippen LogP contribution in [0, 0.1) is 0 Å². The topological polar surface area (TPSA) is 29.5 Å². The molecular formula is C9H17FO2. The lowest BCUT2D eigenvalue weighted by Gasteiger charge is -2.13. The smallest absolute Gasteiger partial charge is 0.118 e. The van der Waals surface area contributed by atoms with Crippen LogP contribution < -0.4 is 0 Å². The van der Waals surface area contributed by atoms with Crippen LogP contribution in [-0.2, 0) is 4.74 Å². The zero-order valence-corrected chi connectivity index (χ0v) is 7.72. The highest BCUT2D eigenvalue weighted by Crippen LogP contribution is 2.07. The van der Waals surface area contributed by atoms with Gasteiger partial charge in [-0.1, -0.05) is 6.92 Å². The molecule has 12 heavy (non-hydrogen) atoms. The van der Waals surface area contributed by atoms with Crippen LogP contribution >= 0.6 is 0 Å². The third-order valence-electron chi connectivity index (χ3n) is 1.44. The van der Waals surface area contributed by atoms with Crippen molar-refractivity contribution in [1.29, 1.82) is 0 Å². The Balaban J connectivity index is 3.81. The van der Waals surface area contributed by atoms with Crippen molar-refractivity contribution in [2.75, 3.05) is 13.3 Å². The summed E-state index contributed by atoms with van der Waals surface area (Å²) < 4.78 is 17.1. The average molecular weight is 176 g/mol. The fourth-order valence-corrected chi connectivity index (χ4v) is 0.787. The number of hydrogen-bond donors (Lipinski definition) is 1. The van der Waals surface area contributed by atoms with Crippen molar-refractivity contribution in [2.24, 2.45) is 0 Å². The number of ether oxygens (including phenoxy) is 1. The number of aliphatic hydroxyl groups excluding tert-OH is 1. The van der Waals surface area contributed by atoms with Gasteiger partial charge < -0.3 is 9.84 Å². The molecule has 0 bridgehead atoms. The van der Waals surface area contributed by atoms with E-state index in [4.69, 9.17) is 9.84 Å². The van der Waals surface area contributed by atoms with Crippen molar-refractivity contribution < 1.29 is 14.2 Å². The van der Waals surface area contributed by atoms with Crippen molar-refractivity contribution in [2.45, 2.75) is 32.8 Å². The zero-order chi connectivity index (χ0) is 9.40. The van der Waals surface area contributed by atoms with Gasteiger partial charge in [-0.15, -0.1) is 0 Å². The van der Waals surface area contributed by atoms with E-state index in [9.17, 15) is 4.39 Å². The highest BCUT2D eigenvalue weighted by Gasteiger charge is 2.01. The molecule has 0 fully saturated rings. The molecule has 72 valence electrons. The molecule has 0 aromatic carbocycles. The van der Waals surface area contributed by atoms with Crippen LogP contribution in [-0.4, -0.2) is 24.5 Å². The summed E-state index contributed by atoms with van der Waals surface area (Å²) in [6.45, 7) is 3.35. The van der Waals surface area contributed by atoms with Gasteiger partial charge in [-0.05, 0) is 19.4 Å². The van der Waals surface area contributed by atoms with Gasteiger partial charge in [0.1, 0.15) is 6.10 Å². The minimum Gasteiger partial charge on any atom is -0.493 e. The van der Waals surface area contributed by atoms with E-state index in [0.717, 1.165) is 12.2 Å². The van der Waals surface area contributed by atoms with E-state index in [0.29, 0.717) is 6.42 Å². The summed E-state index contributed by atoms with van der Waals surface area (Å²) in [5.74, 6) is 0.759. The molecule has 1 unspecified atom stereocenters. The lowest BCUT2D eigenvalue weighted by atomic mass is 10.3. The first kappa shape index (κ1) is 11.4. The Kier molecular flexibility index (Phi) is 6.76. The number of allylic oxidation sites excluding steroid dienone is 2. The maximum atomic E-state index is 11.8. The number of rotatable bonds is 6. The zero-order valence-electron chi connectivity index (χ0n) is 7.72. The second kappa shape index (κ2) is 7.10. The third kappa shape index (κ3) is 5.13. The Morgan fingerprint density at radius 2 is 2.33 bits per heavy atom. The molecule has 3 heteroatoms. The van der Waals surface area contributed by atoms with E-state index in [-0.39, 0.29) is 19.4 Å². The number of alkyl halides is 1. The second-order valence-corrected chi connectivity index (χ2v) is 2.61. The minimum atomic E-state index is -0.361. The normalized spacial score (nSPS) is 14.5. The first-order chi connectivity index (χ1) is 5.74. The van der Waals surface area contributed by atoms with Crippen molar-refractivity contribution >= 4 is 0 Å². The van der Waals surface area contributed by atoms with Gasteiger partial charge in [-0.2, -0.15) is 0 Å². The molecule has 0 aromatic rings. The van der Waals surface area contributed by atoms with Crippen LogP contribution in [0.5, 0.6) is 0 Å². The molecule has 0 heterocycles. The molecule has 0 rings (SSSR count). The molecule has 1 N–H and O–H groups in total. The Morgan fingerprint density at radius 3 is 2.75 bits per heavy atom. The molecule has 0 saturated heterocycles. The molecule has 2 nitrogen and oxygen atoms in total. The molecule has 0 saturated carbocycles. The van der Waals surface area contributed by atoms with Crippen LogP contribution in [0.1, 0.15) is 26.7 Å². The van der Waals surface area contributed by atoms with Crippen LogP contribution in [0.25, 0.3) is 0 Å². The quantitative estimate of drug-likeness (QED) is 0.627. The van der Waals surface area contributed by atoms with E-state index >= 15 is 0 Å². The van der Waals surface area contributed by atoms with Gasteiger partial charge in [-0.3, -0.25) is 4.39 Å². The number of hydrogen-bond acceptors (Lipinski definition) is 2. The van der Waals surface area contributed by atoms with Crippen LogP contribution in [0.4, 0.5) is 4.39 Å². The van der Waals surface area contributed by atoms with Gasteiger partial charge in [0.15, 0.2) is 0 Å². The maximum Gasteiger partial charge on any atom is 0.118 e. The van der Waals surface area contributed by atoms with Gasteiger partial charge in [0.2, 0.25) is 0 Å². The van der Waals surface area contributed by atoms with E-state index in [1.165, 1.54) is 0 Å². The Labute approximate surface area is 73.0 Å². The van der Waals surface area contributed by atoms with Crippen LogP contribution in [0.15, 0.2) is 11.8 Å². The Hall–Kier alpha value is -0.570. The van der Waals surface area contributed by atoms with Crippen molar-refractivity contribution in [3.05, 3.63) is 11.8 Å². The van der Waals surface area contributed by atoms with Crippen LogP contribution in [0.3, 0.4) is 0 Å². The van der Waals surface area contributed by atoms with Crippen molar-refractivity contribution in [3.63, 3.8) is 0 Å². The highest BCUT2D eigenvalue weighted by molar-refractivity contribution is 4.92. The van der Waals surface area contributed by atoms with E-state index in [2.05, 4.69) is 0 Å². The largest absolute Gasteiger partial charge is 0.493 e. The summed E-state index contributed by atoms with van der Waals surface area (Å²) >= 11 is 0. The Morgan fingerprint density at radius 1 is 1.67 bits per heavy atom. The summed E-state index contributed by atoms with van der Waals surface area (Å²) in [5, 5.41) is 8.68. The lowest BCUT2D eigenvalue weighted by Crippen LogP contribution is -2.12. The number of halogens is 1. The van der Waals surface area contributed by atoms with Crippen LogP contribution in [0.2, 0.25) is 0 Å². The standard InChI is InChI=1S/C9H17FO2/c1-3-9(5-4-6-10)12-8(2)7-11/h5,8,11H,3-4,6-7H2,1-2H3/b9-5+. The summed E-state index contributed by atoms with van der Waals surface area (Å²) in [5.41, 5.74) is 0. The maximum absolute atomic E-state index is 11.8. The van der Waals surface area contributed by atoms with Gasteiger partial charge >= 0.3 is 0 Å². The number of aliphatic hydroxyl groups is 1. The van der Waals surface area contributed by atoms with Crippen molar-refractivity contribution in [3.8, 4) is 0 Å². The summed E-state index contributed by atoms with van der Waals surface area (Å²) in [6, 6.07) is 0. The monoisotopic (exact) mass is 176 g/mol. The molecular weight excluding hydrogens is 159 g/mol. The fraction of sp³-hybridized carbons (Fsp3) is 0.778. The highest BCUT2D eigenvalue weighted by atomic mass is 19.1. The van der Waals surface area contributed by atoms with E-state index in [1.54, 1.807) is 13.0 Å². The fourth-order valence-electron chi connectivity index (χ4n) is 0.787. The SMILES string of the molecule is CC/C(=C\CCF)OC(C)CO. The first-order valence-corrected chi connectivity index (χ1v) is 4.27. The summed E-state index contributed by atoms with van der Waals surface area (Å²) in [4.78, 5) is 0. The predicted octanol–water partition coefficient (Wildman–Crippen LogP) is 2.04. The van der Waals surface area contributed by atoms with Gasteiger partial charge in [0, 0.05) is 6.42 Å². The van der Waals surface area contributed by atoms with Gasteiger partial charge in [0.05, 0.1) is 19.0 Å². The third-order valence-corrected chi connectivity index (χ3v) is 1.44. The summed E-state index contributed by atoms with van der Waals surface area (Å²) in [6.07, 6.45) is 2.66. The average Bonchev–Trinajstić information content (AvgIpc) is 2.11. The predicted molar refractivity (Wildman–Crippen MR) is 46.6 cm³/mol. The van der Waals surface area contributed by atoms with Gasteiger partial charge in [0.25, 0.3) is 0 Å². The molecule has 0 spiro atoms. The van der Waals surface area contributed by atoms with E-state index in [1.807, 2.05) is 6.92 Å². The molecule has 0 radical (unpaired) electrons. The first-order valence-electron chi connectivity index (χ1n) is 4.27. The second-order valence-electron chi connectivity index (χ2n) is 2.61. The minimum absolute atomic E-state index is 0.00698. The molecule has 1 atom stereocenters. The summed E-state index contributed by atoms with van der Waals surface area (Å²) in [7, 11) is 0. The molecule has 0 aliphatic rings. The van der Waals surface area contributed by atoms with Crippen molar-refractivity contribution in [1.82, 2.24) is 0 Å². The molecule has 0 aliphatic carbocycles. The lowest BCUT2D eigenvalue weighted by molar-refractivity contribution is 0.0680. The molecule has 0 aromatic heterocycles. The molecule has 0 aliphatic heterocycles. The Bertz CT molecular complexity index is 134. The molecule has 0 amide bonds. The van der Waals surface area contributed by atoms with E-state index < -0.39 is 0 Å². The van der Waals surface area contributed by atoms with Gasteiger partial charge in [-0.25, -0.2) is 0 Å².